The first-order valence-corrected chi connectivity index (χ1v) is 6.81. The minimum absolute atomic E-state index is 1.03. The summed E-state index contributed by atoms with van der Waals surface area (Å²) in [7, 11) is 0. The normalized spacial score (nSPS) is 15.7. The zero-order valence-corrected chi connectivity index (χ0v) is 10.7. The van der Waals surface area contributed by atoms with Crippen LogP contribution in [0, 0.1) is 0 Å². The summed E-state index contributed by atoms with van der Waals surface area (Å²) in [5.74, 6) is 1.03. The van der Waals surface area contributed by atoms with Gasteiger partial charge in [0.2, 0.25) is 0 Å². The van der Waals surface area contributed by atoms with E-state index in [9.17, 15) is 0 Å². The van der Waals surface area contributed by atoms with Gasteiger partial charge in [-0.05, 0) is 11.0 Å². The molecule has 0 radical (unpaired) electrons. The number of hydrogen-bond acceptors (Lipinski definition) is 3. The number of thioether (sulfide) groups is 1. The molecule has 16 heavy (non-hydrogen) atoms. The standard InChI is InChI=1S/C13H18N2S/c1-3-14(4-2)15-11-16-10-13(15)12-8-6-5-7-9-12/h5-10H,3-4,11H2,1-2H3. The van der Waals surface area contributed by atoms with E-state index < -0.39 is 0 Å². The summed E-state index contributed by atoms with van der Waals surface area (Å²) in [4.78, 5) is 0. The molecule has 0 spiro atoms. The van der Waals surface area contributed by atoms with Crippen LogP contribution in [-0.4, -0.2) is 29.0 Å². The van der Waals surface area contributed by atoms with Gasteiger partial charge >= 0.3 is 0 Å². The van der Waals surface area contributed by atoms with E-state index in [0.717, 1.165) is 19.0 Å². The minimum atomic E-state index is 1.03. The first-order valence-electron chi connectivity index (χ1n) is 5.76. The van der Waals surface area contributed by atoms with Crippen molar-refractivity contribution < 1.29 is 0 Å². The van der Waals surface area contributed by atoms with Crippen molar-refractivity contribution in [1.29, 1.82) is 0 Å². The summed E-state index contributed by atoms with van der Waals surface area (Å²) >= 11 is 1.87. The highest BCUT2D eigenvalue weighted by molar-refractivity contribution is 8.02. The molecular weight excluding hydrogens is 216 g/mol. The number of nitrogens with zero attached hydrogens (tertiary/aromatic N) is 2. The molecule has 3 heteroatoms. The van der Waals surface area contributed by atoms with E-state index >= 15 is 0 Å². The average molecular weight is 234 g/mol. The molecule has 0 saturated carbocycles. The van der Waals surface area contributed by atoms with Gasteiger partial charge in [-0.2, -0.15) is 0 Å². The lowest BCUT2D eigenvalue weighted by atomic mass is 10.2. The van der Waals surface area contributed by atoms with Crippen molar-refractivity contribution in [2.24, 2.45) is 0 Å². The minimum Gasteiger partial charge on any atom is -0.294 e. The van der Waals surface area contributed by atoms with Gasteiger partial charge in [0.1, 0.15) is 0 Å². The molecular formula is C13H18N2S. The predicted octanol–water partition coefficient (Wildman–Crippen LogP) is 3.25. The monoisotopic (exact) mass is 234 g/mol. The van der Waals surface area contributed by atoms with Crippen molar-refractivity contribution in [2.75, 3.05) is 19.0 Å². The summed E-state index contributed by atoms with van der Waals surface area (Å²) in [6.07, 6.45) is 0. The van der Waals surface area contributed by atoms with Crippen LogP contribution in [0.2, 0.25) is 0 Å². The van der Waals surface area contributed by atoms with Crippen LogP contribution in [0.4, 0.5) is 0 Å². The maximum Gasteiger partial charge on any atom is 0.0843 e. The average Bonchev–Trinajstić information content (AvgIpc) is 2.81. The Morgan fingerprint density at radius 1 is 1.19 bits per heavy atom. The molecule has 0 N–H and O–H groups in total. The molecule has 0 unspecified atom stereocenters. The van der Waals surface area contributed by atoms with Gasteiger partial charge in [-0.3, -0.25) is 5.01 Å². The molecule has 0 atom stereocenters. The zero-order valence-electron chi connectivity index (χ0n) is 9.89. The first kappa shape index (κ1) is 11.6. The molecule has 0 aromatic heterocycles. The summed E-state index contributed by atoms with van der Waals surface area (Å²) in [6.45, 7) is 6.52. The molecule has 0 saturated heterocycles. The molecule has 1 aliphatic heterocycles. The summed E-state index contributed by atoms with van der Waals surface area (Å²) in [6, 6.07) is 10.6. The van der Waals surface area contributed by atoms with Gasteiger partial charge in [0, 0.05) is 13.1 Å². The van der Waals surface area contributed by atoms with Crippen LogP contribution in [0.3, 0.4) is 0 Å². The molecule has 0 bridgehead atoms. The Bertz CT molecular complexity index is 357. The lowest BCUT2D eigenvalue weighted by Crippen LogP contribution is -2.39. The summed E-state index contributed by atoms with van der Waals surface area (Å²) in [5, 5.41) is 7.01. The highest BCUT2D eigenvalue weighted by atomic mass is 32.2. The molecule has 86 valence electrons. The fraction of sp³-hybridized carbons (Fsp3) is 0.385. The quantitative estimate of drug-likeness (QED) is 0.789. The van der Waals surface area contributed by atoms with Gasteiger partial charge in [-0.1, -0.05) is 44.2 Å². The molecule has 1 aromatic carbocycles. The van der Waals surface area contributed by atoms with Crippen molar-refractivity contribution in [3.05, 3.63) is 41.3 Å². The Morgan fingerprint density at radius 3 is 2.50 bits per heavy atom. The molecule has 1 heterocycles. The summed E-state index contributed by atoms with van der Waals surface area (Å²) < 4.78 is 0. The van der Waals surface area contributed by atoms with Crippen LogP contribution in [0.25, 0.3) is 5.70 Å². The third-order valence-corrected chi connectivity index (χ3v) is 3.59. The molecule has 2 nitrogen and oxygen atoms in total. The van der Waals surface area contributed by atoms with E-state index in [2.05, 4.69) is 59.6 Å². The van der Waals surface area contributed by atoms with Crippen LogP contribution in [0.5, 0.6) is 0 Å². The van der Waals surface area contributed by atoms with E-state index in [1.165, 1.54) is 11.3 Å². The largest absolute Gasteiger partial charge is 0.294 e. The fourth-order valence-corrected chi connectivity index (χ4v) is 2.88. The second kappa shape index (κ2) is 5.41. The van der Waals surface area contributed by atoms with E-state index in [1.807, 2.05) is 11.8 Å². The van der Waals surface area contributed by atoms with Crippen LogP contribution < -0.4 is 0 Å². The Morgan fingerprint density at radius 2 is 1.88 bits per heavy atom. The Labute approximate surface area is 102 Å². The smallest absolute Gasteiger partial charge is 0.0843 e. The Kier molecular flexibility index (Phi) is 3.91. The van der Waals surface area contributed by atoms with Gasteiger partial charge < -0.3 is 0 Å². The van der Waals surface area contributed by atoms with Crippen molar-refractivity contribution in [3.8, 4) is 0 Å². The molecule has 1 aliphatic rings. The van der Waals surface area contributed by atoms with Crippen molar-refractivity contribution in [3.63, 3.8) is 0 Å². The van der Waals surface area contributed by atoms with E-state index in [-0.39, 0.29) is 0 Å². The molecule has 0 fully saturated rings. The SMILES string of the molecule is CCN(CC)N1CSC=C1c1ccccc1. The number of benzene rings is 1. The van der Waals surface area contributed by atoms with E-state index in [1.54, 1.807) is 0 Å². The van der Waals surface area contributed by atoms with Gasteiger partial charge in [0.15, 0.2) is 0 Å². The molecule has 2 rings (SSSR count). The van der Waals surface area contributed by atoms with Gasteiger partial charge in [0.25, 0.3) is 0 Å². The highest BCUT2D eigenvalue weighted by Crippen LogP contribution is 2.31. The molecule has 1 aromatic rings. The van der Waals surface area contributed by atoms with Crippen LogP contribution >= 0.6 is 11.8 Å². The number of rotatable bonds is 4. The van der Waals surface area contributed by atoms with Gasteiger partial charge in [0.05, 0.1) is 11.6 Å². The second-order valence-electron chi connectivity index (χ2n) is 3.70. The zero-order chi connectivity index (χ0) is 11.4. The maximum atomic E-state index is 2.38. The van der Waals surface area contributed by atoms with E-state index in [4.69, 9.17) is 0 Å². The lowest BCUT2D eigenvalue weighted by Gasteiger charge is -2.33. The van der Waals surface area contributed by atoms with Crippen LogP contribution in [0.15, 0.2) is 35.7 Å². The third-order valence-electron chi connectivity index (χ3n) is 2.81. The highest BCUT2D eigenvalue weighted by Gasteiger charge is 2.21. The fourth-order valence-electron chi connectivity index (χ4n) is 1.94. The lowest BCUT2D eigenvalue weighted by molar-refractivity contribution is 0.0678. The maximum absolute atomic E-state index is 2.38. The number of hydrogen-bond donors (Lipinski definition) is 0. The Hall–Kier alpha value is -0.930. The Balaban J connectivity index is 2.21. The van der Waals surface area contributed by atoms with Crippen molar-refractivity contribution in [1.82, 2.24) is 10.0 Å². The van der Waals surface area contributed by atoms with Crippen molar-refractivity contribution >= 4 is 17.5 Å². The van der Waals surface area contributed by atoms with Crippen molar-refractivity contribution in [2.45, 2.75) is 13.8 Å². The first-order chi connectivity index (χ1) is 7.86. The molecule has 0 amide bonds. The van der Waals surface area contributed by atoms with Crippen LogP contribution in [-0.2, 0) is 0 Å². The van der Waals surface area contributed by atoms with Crippen LogP contribution in [0.1, 0.15) is 19.4 Å². The second-order valence-corrected chi connectivity index (χ2v) is 4.53. The predicted molar refractivity (Wildman–Crippen MR) is 71.6 cm³/mol. The molecule has 0 aliphatic carbocycles. The van der Waals surface area contributed by atoms with Gasteiger partial charge in [-0.25, -0.2) is 5.01 Å². The topological polar surface area (TPSA) is 6.48 Å². The third kappa shape index (κ3) is 2.25. The number of hydrazine groups is 1. The van der Waals surface area contributed by atoms with Gasteiger partial charge in [-0.15, -0.1) is 11.8 Å². The van der Waals surface area contributed by atoms with E-state index in [0.29, 0.717) is 0 Å². The summed E-state index contributed by atoms with van der Waals surface area (Å²) in [5.41, 5.74) is 2.63.